The molecule has 1 aliphatic heterocycles. The van der Waals surface area contributed by atoms with E-state index in [9.17, 15) is 0 Å². The van der Waals surface area contributed by atoms with Crippen LogP contribution in [0.25, 0.3) is 10.9 Å². The van der Waals surface area contributed by atoms with E-state index in [-0.39, 0.29) is 11.2 Å². The van der Waals surface area contributed by atoms with E-state index >= 15 is 0 Å². The molecule has 0 atom stereocenters. The summed E-state index contributed by atoms with van der Waals surface area (Å²) in [6, 6.07) is 3.94. The number of rotatable bonds is 2. The fourth-order valence-electron chi connectivity index (χ4n) is 2.59. The molecule has 1 fully saturated rings. The maximum Gasteiger partial charge on any atom is 0.498 e. The van der Waals surface area contributed by atoms with Gasteiger partial charge in [0.15, 0.2) is 0 Å². The molecule has 0 bridgehead atoms. The number of methoxy groups -OCH3 is 1. The fourth-order valence-corrected chi connectivity index (χ4v) is 2.59. The Morgan fingerprint density at radius 2 is 1.76 bits per heavy atom. The molecule has 1 aromatic heterocycles. The minimum atomic E-state index is -0.436. The number of ether oxygens (including phenoxy) is 1. The minimum Gasteiger partial charge on any atom is -0.496 e. The van der Waals surface area contributed by atoms with Gasteiger partial charge in [-0.1, -0.05) is 6.07 Å². The average Bonchev–Trinajstić information content (AvgIpc) is 2.84. The molecule has 0 unspecified atom stereocenters. The highest BCUT2D eigenvalue weighted by molar-refractivity contribution is 6.63. The molecule has 0 saturated carbocycles. The Hall–Kier alpha value is -1.53. The van der Waals surface area contributed by atoms with Crippen LogP contribution in [0.2, 0.25) is 0 Å². The Bertz CT molecular complexity index is 678. The normalized spacial score (nSPS) is 20.2. The van der Waals surface area contributed by atoms with Crippen molar-refractivity contribution in [1.82, 2.24) is 9.78 Å². The monoisotopic (exact) mass is 288 g/mol. The molecule has 3 rings (SSSR count). The van der Waals surface area contributed by atoms with Crippen molar-refractivity contribution >= 4 is 23.5 Å². The summed E-state index contributed by atoms with van der Waals surface area (Å²) in [7, 11) is 3.12. The molecule has 21 heavy (non-hydrogen) atoms. The van der Waals surface area contributed by atoms with E-state index in [4.69, 9.17) is 14.0 Å². The summed E-state index contributed by atoms with van der Waals surface area (Å²) in [5.74, 6) is 0.763. The van der Waals surface area contributed by atoms with Gasteiger partial charge in [0.05, 0.1) is 29.2 Å². The van der Waals surface area contributed by atoms with Gasteiger partial charge in [0, 0.05) is 18.7 Å². The van der Waals surface area contributed by atoms with Gasteiger partial charge in [0.25, 0.3) is 0 Å². The van der Waals surface area contributed by atoms with Crippen LogP contribution in [0.1, 0.15) is 27.7 Å². The third-order valence-electron chi connectivity index (χ3n) is 4.50. The molecule has 1 aromatic carbocycles. The van der Waals surface area contributed by atoms with Gasteiger partial charge in [0.1, 0.15) is 5.75 Å². The molecule has 112 valence electrons. The van der Waals surface area contributed by atoms with Crippen LogP contribution in [-0.2, 0) is 16.4 Å². The lowest BCUT2D eigenvalue weighted by molar-refractivity contribution is 0.00578. The topological polar surface area (TPSA) is 45.5 Å². The highest BCUT2D eigenvalue weighted by Crippen LogP contribution is 2.37. The summed E-state index contributed by atoms with van der Waals surface area (Å²) < 4.78 is 19.6. The van der Waals surface area contributed by atoms with Crippen LogP contribution >= 0.6 is 0 Å². The molecule has 0 spiro atoms. The second-order valence-corrected chi connectivity index (χ2v) is 6.51. The largest absolute Gasteiger partial charge is 0.498 e. The van der Waals surface area contributed by atoms with Crippen molar-refractivity contribution in [2.24, 2.45) is 7.05 Å². The first-order valence-electron chi connectivity index (χ1n) is 7.11. The third kappa shape index (κ3) is 2.13. The molecular weight excluding hydrogens is 267 g/mol. The van der Waals surface area contributed by atoms with E-state index in [1.54, 1.807) is 11.8 Å². The Morgan fingerprint density at radius 3 is 2.33 bits per heavy atom. The van der Waals surface area contributed by atoms with E-state index in [2.05, 4.69) is 5.10 Å². The lowest BCUT2D eigenvalue weighted by Gasteiger charge is -2.32. The zero-order valence-corrected chi connectivity index (χ0v) is 13.4. The van der Waals surface area contributed by atoms with Crippen molar-refractivity contribution in [2.45, 2.75) is 38.9 Å². The molecule has 0 aliphatic carbocycles. The van der Waals surface area contributed by atoms with Gasteiger partial charge in [0.2, 0.25) is 0 Å². The lowest BCUT2D eigenvalue weighted by Crippen LogP contribution is -2.41. The molecule has 0 N–H and O–H groups in total. The van der Waals surface area contributed by atoms with Crippen molar-refractivity contribution < 1.29 is 14.0 Å². The smallest absolute Gasteiger partial charge is 0.496 e. The molecule has 1 saturated heterocycles. The molecule has 2 aromatic rings. The molecule has 5 nitrogen and oxygen atoms in total. The number of fused-ring (bicyclic) bond motifs is 1. The van der Waals surface area contributed by atoms with Crippen molar-refractivity contribution in [3.8, 4) is 5.75 Å². The highest BCUT2D eigenvalue weighted by atomic mass is 16.7. The average molecular weight is 288 g/mol. The molecule has 2 heterocycles. The van der Waals surface area contributed by atoms with E-state index in [0.717, 1.165) is 22.1 Å². The van der Waals surface area contributed by atoms with Gasteiger partial charge < -0.3 is 14.0 Å². The molecule has 1 aliphatic rings. The Labute approximate surface area is 125 Å². The number of aryl methyl sites for hydroxylation is 1. The van der Waals surface area contributed by atoms with Crippen molar-refractivity contribution in [1.29, 1.82) is 0 Å². The fraction of sp³-hybridized carbons (Fsp3) is 0.533. The van der Waals surface area contributed by atoms with Crippen LogP contribution < -0.4 is 10.2 Å². The van der Waals surface area contributed by atoms with E-state index < -0.39 is 7.12 Å². The summed E-state index contributed by atoms with van der Waals surface area (Å²) in [5, 5.41) is 5.37. The highest BCUT2D eigenvalue weighted by Gasteiger charge is 2.52. The first-order chi connectivity index (χ1) is 9.75. The lowest BCUT2D eigenvalue weighted by atomic mass is 9.77. The summed E-state index contributed by atoms with van der Waals surface area (Å²) in [4.78, 5) is 0. The van der Waals surface area contributed by atoms with Crippen LogP contribution in [0, 0.1) is 0 Å². The Kier molecular flexibility index (Phi) is 3.08. The Morgan fingerprint density at radius 1 is 1.14 bits per heavy atom. The van der Waals surface area contributed by atoms with Crippen LogP contribution in [0.3, 0.4) is 0 Å². The van der Waals surface area contributed by atoms with Crippen molar-refractivity contribution in [3.63, 3.8) is 0 Å². The summed E-state index contributed by atoms with van der Waals surface area (Å²) in [6.45, 7) is 8.17. The SMILES string of the molecule is COc1c(B2OC(C)(C)C(C)(C)O2)ccc2nn(C)cc12. The van der Waals surface area contributed by atoms with Crippen LogP contribution in [0.15, 0.2) is 18.3 Å². The zero-order chi connectivity index (χ0) is 15.4. The molecule has 6 heteroatoms. The van der Waals surface area contributed by atoms with Gasteiger partial charge >= 0.3 is 7.12 Å². The number of aromatic nitrogens is 2. The van der Waals surface area contributed by atoms with Gasteiger partial charge in [-0.3, -0.25) is 4.68 Å². The summed E-state index contributed by atoms with van der Waals surface area (Å²) in [5.41, 5.74) is 1.06. The quantitative estimate of drug-likeness (QED) is 0.792. The van der Waals surface area contributed by atoms with Gasteiger partial charge in [-0.05, 0) is 33.8 Å². The Balaban J connectivity index is 2.09. The summed E-state index contributed by atoms with van der Waals surface area (Å²) in [6.07, 6.45) is 1.95. The molecule has 0 radical (unpaired) electrons. The zero-order valence-electron chi connectivity index (χ0n) is 13.4. The van der Waals surface area contributed by atoms with Crippen LogP contribution in [0.4, 0.5) is 0 Å². The maximum atomic E-state index is 6.12. The predicted octanol–water partition coefficient (Wildman–Crippen LogP) is 1.88. The first kappa shape index (κ1) is 14.4. The number of nitrogens with zero attached hydrogens (tertiary/aromatic N) is 2. The van der Waals surface area contributed by atoms with Gasteiger partial charge in [-0.15, -0.1) is 0 Å². The van der Waals surface area contributed by atoms with Crippen molar-refractivity contribution in [3.05, 3.63) is 18.3 Å². The first-order valence-corrected chi connectivity index (χ1v) is 7.11. The molecular formula is C15H21BN2O3. The third-order valence-corrected chi connectivity index (χ3v) is 4.50. The van der Waals surface area contributed by atoms with E-state index in [1.807, 2.05) is 53.1 Å². The maximum absolute atomic E-state index is 6.12. The second-order valence-electron chi connectivity index (χ2n) is 6.51. The predicted molar refractivity (Wildman–Crippen MR) is 83.0 cm³/mol. The van der Waals surface area contributed by atoms with E-state index in [1.165, 1.54) is 0 Å². The van der Waals surface area contributed by atoms with Crippen LogP contribution in [-0.4, -0.2) is 35.2 Å². The van der Waals surface area contributed by atoms with Crippen LogP contribution in [0.5, 0.6) is 5.75 Å². The van der Waals surface area contributed by atoms with E-state index in [0.29, 0.717) is 0 Å². The number of benzene rings is 1. The number of hydrogen-bond donors (Lipinski definition) is 0. The minimum absolute atomic E-state index is 0.368. The van der Waals surface area contributed by atoms with Gasteiger partial charge in [-0.2, -0.15) is 5.10 Å². The molecule has 0 amide bonds. The second kappa shape index (κ2) is 4.48. The van der Waals surface area contributed by atoms with Crippen molar-refractivity contribution in [2.75, 3.05) is 7.11 Å². The van der Waals surface area contributed by atoms with Gasteiger partial charge in [-0.25, -0.2) is 0 Å². The summed E-state index contributed by atoms with van der Waals surface area (Å²) >= 11 is 0. The standard InChI is InChI=1S/C15H21BN2O3/c1-14(2)15(3,4)21-16(20-14)11-7-8-12-10(13(11)19-6)9-18(5)17-12/h7-9H,1-6H3. The number of hydrogen-bond acceptors (Lipinski definition) is 4.